The summed E-state index contributed by atoms with van der Waals surface area (Å²) in [6, 6.07) is 0.526. The SMILES string of the molecule is CC1CCCC(C(=O)NC2CC3CCC2C3)C1N. The molecule has 0 saturated heterocycles. The van der Waals surface area contributed by atoms with Crippen molar-refractivity contribution in [2.75, 3.05) is 0 Å². The highest BCUT2D eigenvalue weighted by Gasteiger charge is 2.41. The maximum atomic E-state index is 12.4. The second-order valence-corrected chi connectivity index (χ2v) is 6.88. The summed E-state index contributed by atoms with van der Waals surface area (Å²) in [5.41, 5.74) is 6.21. The minimum atomic E-state index is 0.0628. The third-order valence-electron chi connectivity index (χ3n) is 5.70. The Morgan fingerprint density at radius 1 is 1.17 bits per heavy atom. The first-order valence-corrected chi connectivity index (χ1v) is 7.71. The summed E-state index contributed by atoms with van der Waals surface area (Å²) in [6.07, 6.45) is 8.59. The summed E-state index contributed by atoms with van der Waals surface area (Å²) >= 11 is 0. The molecule has 6 atom stereocenters. The van der Waals surface area contributed by atoms with Crippen LogP contribution >= 0.6 is 0 Å². The van der Waals surface area contributed by atoms with Gasteiger partial charge in [0.15, 0.2) is 0 Å². The fraction of sp³-hybridized carbons (Fsp3) is 0.933. The van der Waals surface area contributed by atoms with Crippen molar-refractivity contribution in [3.8, 4) is 0 Å². The van der Waals surface area contributed by atoms with Crippen LogP contribution in [-0.4, -0.2) is 18.0 Å². The van der Waals surface area contributed by atoms with Gasteiger partial charge in [0.2, 0.25) is 5.91 Å². The fourth-order valence-corrected chi connectivity index (χ4v) is 4.46. The van der Waals surface area contributed by atoms with Gasteiger partial charge >= 0.3 is 0 Å². The smallest absolute Gasteiger partial charge is 0.224 e. The third-order valence-corrected chi connectivity index (χ3v) is 5.70. The number of nitrogens with one attached hydrogen (secondary N) is 1. The van der Waals surface area contributed by atoms with Gasteiger partial charge in [0.05, 0.1) is 5.92 Å². The van der Waals surface area contributed by atoms with Crippen molar-refractivity contribution in [1.29, 1.82) is 0 Å². The zero-order chi connectivity index (χ0) is 12.7. The molecule has 102 valence electrons. The number of hydrogen-bond acceptors (Lipinski definition) is 2. The number of carbonyl (C=O) groups excluding carboxylic acids is 1. The quantitative estimate of drug-likeness (QED) is 0.788. The Morgan fingerprint density at radius 2 is 2.00 bits per heavy atom. The number of rotatable bonds is 2. The maximum absolute atomic E-state index is 12.4. The molecule has 0 radical (unpaired) electrons. The van der Waals surface area contributed by atoms with Crippen LogP contribution < -0.4 is 11.1 Å². The summed E-state index contributed by atoms with van der Waals surface area (Å²) < 4.78 is 0. The predicted octanol–water partition coefficient (Wildman–Crippen LogP) is 2.05. The van der Waals surface area contributed by atoms with Crippen LogP contribution in [0.2, 0.25) is 0 Å². The van der Waals surface area contributed by atoms with Gasteiger partial charge in [-0.1, -0.05) is 19.8 Å². The van der Waals surface area contributed by atoms with E-state index < -0.39 is 0 Å². The molecule has 3 N–H and O–H groups in total. The predicted molar refractivity (Wildman–Crippen MR) is 71.9 cm³/mol. The molecule has 6 unspecified atom stereocenters. The number of hydrogen-bond donors (Lipinski definition) is 2. The Kier molecular flexibility index (Phi) is 3.35. The highest BCUT2D eigenvalue weighted by molar-refractivity contribution is 5.80. The Morgan fingerprint density at radius 3 is 2.67 bits per heavy atom. The third kappa shape index (κ3) is 2.18. The van der Waals surface area contributed by atoms with Gasteiger partial charge < -0.3 is 11.1 Å². The molecule has 3 aliphatic carbocycles. The fourth-order valence-electron chi connectivity index (χ4n) is 4.46. The van der Waals surface area contributed by atoms with E-state index in [4.69, 9.17) is 5.73 Å². The summed E-state index contributed by atoms with van der Waals surface area (Å²) in [4.78, 5) is 12.4. The van der Waals surface area contributed by atoms with E-state index in [0.717, 1.165) is 24.7 Å². The van der Waals surface area contributed by atoms with Gasteiger partial charge in [-0.05, 0) is 49.9 Å². The van der Waals surface area contributed by atoms with Crippen LogP contribution in [-0.2, 0) is 4.79 Å². The molecule has 3 nitrogen and oxygen atoms in total. The van der Waals surface area contributed by atoms with Crippen LogP contribution in [0.25, 0.3) is 0 Å². The van der Waals surface area contributed by atoms with Crippen LogP contribution in [0.3, 0.4) is 0 Å². The minimum Gasteiger partial charge on any atom is -0.353 e. The van der Waals surface area contributed by atoms with E-state index >= 15 is 0 Å². The van der Waals surface area contributed by atoms with Gasteiger partial charge in [0.1, 0.15) is 0 Å². The van der Waals surface area contributed by atoms with E-state index in [2.05, 4.69) is 12.2 Å². The van der Waals surface area contributed by atoms with Gasteiger partial charge in [-0.3, -0.25) is 4.79 Å². The monoisotopic (exact) mass is 250 g/mol. The van der Waals surface area contributed by atoms with Crippen molar-refractivity contribution >= 4 is 5.91 Å². The topological polar surface area (TPSA) is 55.1 Å². The van der Waals surface area contributed by atoms with E-state index in [1.807, 2.05) is 0 Å². The molecule has 2 bridgehead atoms. The van der Waals surface area contributed by atoms with Crippen molar-refractivity contribution in [1.82, 2.24) is 5.32 Å². The molecular formula is C15H26N2O. The molecule has 3 rings (SSSR count). The molecule has 3 saturated carbocycles. The highest BCUT2D eigenvalue weighted by atomic mass is 16.2. The second kappa shape index (κ2) is 4.84. The zero-order valence-corrected chi connectivity index (χ0v) is 11.4. The molecule has 0 spiro atoms. The maximum Gasteiger partial charge on any atom is 0.224 e. The molecule has 0 aromatic heterocycles. The summed E-state index contributed by atoms with van der Waals surface area (Å²) in [7, 11) is 0. The molecular weight excluding hydrogens is 224 g/mol. The van der Waals surface area contributed by atoms with E-state index in [-0.39, 0.29) is 17.9 Å². The lowest BCUT2D eigenvalue weighted by Crippen LogP contribution is -2.50. The van der Waals surface area contributed by atoms with Crippen LogP contribution in [0.5, 0.6) is 0 Å². The summed E-state index contributed by atoms with van der Waals surface area (Å²) in [6.45, 7) is 2.18. The van der Waals surface area contributed by atoms with Crippen LogP contribution in [0, 0.1) is 23.7 Å². The highest BCUT2D eigenvalue weighted by Crippen LogP contribution is 2.44. The first kappa shape index (κ1) is 12.5. The lowest BCUT2D eigenvalue weighted by atomic mass is 9.77. The van der Waals surface area contributed by atoms with Crippen molar-refractivity contribution in [3.05, 3.63) is 0 Å². The average Bonchev–Trinajstić information content (AvgIpc) is 2.94. The number of carbonyl (C=O) groups is 1. The largest absolute Gasteiger partial charge is 0.353 e. The van der Waals surface area contributed by atoms with E-state index in [9.17, 15) is 4.79 Å². The molecule has 0 aliphatic heterocycles. The molecule has 3 heteroatoms. The van der Waals surface area contributed by atoms with Crippen LogP contribution in [0.1, 0.15) is 51.9 Å². The molecule has 18 heavy (non-hydrogen) atoms. The lowest BCUT2D eigenvalue weighted by Gasteiger charge is -2.34. The standard InChI is InChI=1S/C15H26N2O/c1-9-3-2-4-12(14(9)16)15(18)17-13-8-10-5-6-11(13)7-10/h9-14H,2-8,16H2,1H3,(H,17,18). The summed E-state index contributed by atoms with van der Waals surface area (Å²) in [5, 5.41) is 3.31. The Labute approximate surface area is 110 Å². The molecule has 0 aromatic carbocycles. The molecule has 3 fully saturated rings. The van der Waals surface area contributed by atoms with E-state index in [1.54, 1.807) is 0 Å². The van der Waals surface area contributed by atoms with Crippen LogP contribution in [0.4, 0.5) is 0 Å². The normalized spacial score (nSPS) is 47.2. The summed E-state index contributed by atoms with van der Waals surface area (Å²) in [5.74, 6) is 2.45. The molecule has 0 heterocycles. The van der Waals surface area contributed by atoms with Crippen LogP contribution in [0.15, 0.2) is 0 Å². The second-order valence-electron chi connectivity index (χ2n) is 6.88. The number of amides is 1. The Hall–Kier alpha value is -0.570. The van der Waals surface area contributed by atoms with Gasteiger partial charge in [-0.15, -0.1) is 0 Å². The average molecular weight is 250 g/mol. The van der Waals surface area contributed by atoms with E-state index in [0.29, 0.717) is 12.0 Å². The lowest BCUT2D eigenvalue weighted by molar-refractivity contribution is -0.128. The van der Waals surface area contributed by atoms with E-state index in [1.165, 1.54) is 32.1 Å². The van der Waals surface area contributed by atoms with Gasteiger partial charge in [0, 0.05) is 12.1 Å². The molecule has 3 aliphatic rings. The Bertz CT molecular complexity index is 330. The van der Waals surface area contributed by atoms with Gasteiger partial charge in [-0.2, -0.15) is 0 Å². The minimum absolute atomic E-state index is 0.0628. The molecule has 0 aromatic rings. The van der Waals surface area contributed by atoms with Crippen molar-refractivity contribution < 1.29 is 4.79 Å². The van der Waals surface area contributed by atoms with Crippen molar-refractivity contribution in [3.63, 3.8) is 0 Å². The van der Waals surface area contributed by atoms with Crippen molar-refractivity contribution in [2.24, 2.45) is 29.4 Å². The van der Waals surface area contributed by atoms with Gasteiger partial charge in [-0.25, -0.2) is 0 Å². The number of nitrogens with two attached hydrogens (primary N) is 1. The molecule has 1 amide bonds. The van der Waals surface area contributed by atoms with Crippen molar-refractivity contribution in [2.45, 2.75) is 64.0 Å². The number of fused-ring (bicyclic) bond motifs is 2. The van der Waals surface area contributed by atoms with Gasteiger partial charge in [0.25, 0.3) is 0 Å². The Balaban J connectivity index is 1.58. The first-order valence-electron chi connectivity index (χ1n) is 7.71. The zero-order valence-electron chi connectivity index (χ0n) is 11.4. The first-order chi connectivity index (χ1) is 8.65.